The van der Waals surface area contributed by atoms with Crippen LogP contribution in [0.1, 0.15) is 25.3 Å². The highest BCUT2D eigenvalue weighted by Crippen LogP contribution is 2.28. The van der Waals surface area contributed by atoms with Gasteiger partial charge in [0.2, 0.25) is 0 Å². The molecule has 0 saturated carbocycles. The molecule has 0 aliphatic carbocycles. The van der Waals surface area contributed by atoms with Crippen LogP contribution < -0.4 is 10.5 Å². The van der Waals surface area contributed by atoms with Gasteiger partial charge in [0.05, 0.1) is 5.02 Å². The van der Waals surface area contributed by atoms with E-state index < -0.39 is 5.91 Å². The van der Waals surface area contributed by atoms with E-state index in [1.54, 1.807) is 0 Å². The van der Waals surface area contributed by atoms with Gasteiger partial charge in [-0.2, -0.15) is 0 Å². The first-order valence-electron chi connectivity index (χ1n) is 8.45. The minimum atomic E-state index is -0.509. The Balaban J connectivity index is 1.86. The van der Waals surface area contributed by atoms with Gasteiger partial charge in [-0.05, 0) is 70.6 Å². The Hall–Kier alpha value is -1.30. The number of nitrogens with zero attached hydrogens (tertiary/aromatic N) is 2. The van der Waals surface area contributed by atoms with Crippen molar-refractivity contribution in [3.63, 3.8) is 0 Å². The van der Waals surface area contributed by atoms with Gasteiger partial charge in [0.15, 0.2) is 6.61 Å². The average Bonchev–Trinajstić information content (AvgIpc) is 2.54. The van der Waals surface area contributed by atoms with Gasteiger partial charge in [0.1, 0.15) is 5.75 Å². The first kappa shape index (κ1) is 19.0. The van der Waals surface area contributed by atoms with Crippen LogP contribution >= 0.6 is 11.6 Å². The summed E-state index contributed by atoms with van der Waals surface area (Å²) in [6, 6.07) is 6.34. The molecule has 1 aliphatic rings. The van der Waals surface area contributed by atoms with E-state index in [4.69, 9.17) is 22.1 Å². The maximum atomic E-state index is 10.8. The van der Waals surface area contributed by atoms with Gasteiger partial charge >= 0.3 is 0 Å². The molecule has 2 N–H and O–H groups in total. The predicted molar refractivity (Wildman–Crippen MR) is 97.3 cm³/mol. The van der Waals surface area contributed by atoms with Crippen LogP contribution in [0.25, 0.3) is 0 Å². The van der Waals surface area contributed by atoms with Gasteiger partial charge in [-0.1, -0.05) is 17.7 Å². The molecule has 1 atom stereocenters. The number of carbonyl (C=O) groups excluding carboxylic acids is 1. The normalized spacial score (nSPS) is 17.9. The summed E-state index contributed by atoms with van der Waals surface area (Å²) >= 11 is 6.23. The smallest absolute Gasteiger partial charge is 0.255 e. The molecule has 0 spiro atoms. The lowest BCUT2D eigenvalue weighted by Gasteiger charge is -2.37. The molecular weight excluding hydrogens is 326 g/mol. The average molecular weight is 354 g/mol. The largest absolute Gasteiger partial charge is 0.482 e. The summed E-state index contributed by atoms with van der Waals surface area (Å²) in [6.45, 7) is 5.27. The Morgan fingerprint density at radius 3 is 2.62 bits per heavy atom. The van der Waals surface area contributed by atoms with Crippen molar-refractivity contribution in [2.75, 3.05) is 33.8 Å². The minimum Gasteiger partial charge on any atom is -0.482 e. The number of likely N-dealkylation sites (tertiary alicyclic amines) is 1. The zero-order valence-corrected chi connectivity index (χ0v) is 15.6. The third-order valence-corrected chi connectivity index (χ3v) is 5.20. The summed E-state index contributed by atoms with van der Waals surface area (Å²) in [6.07, 6.45) is 2.46. The third-order valence-electron chi connectivity index (χ3n) is 4.90. The van der Waals surface area contributed by atoms with Crippen LogP contribution in [-0.4, -0.2) is 55.5 Å². The molecular formula is C18H28ClN3O2. The number of hydrogen-bond acceptors (Lipinski definition) is 4. The van der Waals surface area contributed by atoms with Crippen molar-refractivity contribution < 1.29 is 9.53 Å². The molecule has 1 unspecified atom stereocenters. The van der Waals surface area contributed by atoms with Gasteiger partial charge in [0, 0.05) is 12.6 Å². The van der Waals surface area contributed by atoms with E-state index in [0.29, 0.717) is 16.8 Å². The molecule has 1 heterocycles. The number of rotatable bonds is 7. The Morgan fingerprint density at radius 2 is 2.08 bits per heavy atom. The van der Waals surface area contributed by atoms with E-state index in [2.05, 4.69) is 30.8 Å². The lowest BCUT2D eigenvalue weighted by atomic mass is 9.89. The third kappa shape index (κ3) is 5.36. The molecule has 24 heavy (non-hydrogen) atoms. The van der Waals surface area contributed by atoms with Crippen molar-refractivity contribution in [3.8, 4) is 5.75 Å². The maximum Gasteiger partial charge on any atom is 0.255 e. The molecule has 1 aromatic rings. The molecule has 0 aromatic heterocycles. The second-order valence-corrected chi connectivity index (χ2v) is 7.24. The highest BCUT2D eigenvalue weighted by atomic mass is 35.5. The van der Waals surface area contributed by atoms with Gasteiger partial charge in [-0.3, -0.25) is 9.69 Å². The molecule has 5 nitrogen and oxygen atoms in total. The topological polar surface area (TPSA) is 58.8 Å². The van der Waals surface area contributed by atoms with Gasteiger partial charge < -0.3 is 15.4 Å². The Labute approximate surface area is 149 Å². The van der Waals surface area contributed by atoms with E-state index in [1.807, 2.05) is 18.2 Å². The summed E-state index contributed by atoms with van der Waals surface area (Å²) in [4.78, 5) is 15.6. The number of ether oxygens (including phenoxy) is 1. The van der Waals surface area contributed by atoms with Crippen molar-refractivity contribution in [2.24, 2.45) is 11.7 Å². The molecule has 134 valence electrons. The van der Waals surface area contributed by atoms with E-state index >= 15 is 0 Å². The van der Waals surface area contributed by atoms with E-state index in [1.165, 1.54) is 12.8 Å². The lowest BCUT2D eigenvalue weighted by Crippen LogP contribution is -2.41. The summed E-state index contributed by atoms with van der Waals surface area (Å²) < 4.78 is 5.28. The highest BCUT2D eigenvalue weighted by Gasteiger charge is 2.24. The number of nitrogens with two attached hydrogens (primary N) is 1. The first-order valence-corrected chi connectivity index (χ1v) is 8.83. The van der Waals surface area contributed by atoms with Crippen LogP contribution in [0.2, 0.25) is 5.02 Å². The lowest BCUT2D eigenvalue weighted by molar-refractivity contribution is -0.119. The quantitative estimate of drug-likeness (QED) is 0.817. The zero-order valence-electron chi connectivity index (χ0n) is 14.8. The summed E-state index contributed by atoms with van der Waals surface area (Å²) in [5.74, 6) is 0.757. The van der Waals surface area contributed by atoms with Crippen LogP contribution in [0.15, 0.2) is 18.2 Å². The summed E-state index contributed by atoms with van der Waals surface area (Å²) in [5.41, 5.74) is 6.24. The van der Waals surface area contributed by atoms with Crippen molar-refractivity contribution in [2.45, 2.75) is 32.4 Å². The van der Waals surface area contributed by atoms with Crippen LogP contribution in [0, 0.1) is 5.92 Å². The number of carbonyl (C=O) groups is 1. The van der Waals surface area contributed by atoms with E-state index in [9.17, 15) is 4.79 Å². The van der Waals surface area contributed by atoms with Crippen LogP contribution in [0.3, 0.4) is 0 Å². The molecule has 0 radical (unpaired) electrons. The standard InChI is InChI=1S/C18H28ClN3O2/c1-13(21(2)3)15-6-8-22(9-7-15)11-14-4-5-17(16(19)10-14)24-12-18(20)23/h4-5,10,13,15H,6-9,11-12H2,1-3H3,(H2,20,23). The molecule has 1 saturated heterocycles. The number of hydrogen-bond donors (Lipinski definition) is 1. The zero-order chi connectivity index (χ0) is 17.7. The van der Waals surface area contributed by atoms with Crippen molar-refractivity contribution in [1.29, 1.82) is 0 Å². The first-order chi connectivity index (χ1) is 11.4. The highest BCUT2D eigenvalue weighted by molar-refractivity contribution is 6.32. The fraction of sp³-hybridized carbons (Fsp3) is 0.611. The second-order valence-electron chi connectivity index (χ2n) is 6.84. The summed E-state index contributed by atoms with van der Waals surface area (Å²) in [5, 5.41) is 0.518. The monoisotopic (exact) mass is 353 g/mol. The fourth-order valence-electron chi connectivity index (χ4n) is 3.18. The molecule has 1 aliphatic heterocycles. The molecule has 0 bridgehead atoms. The van der Waals surface area contributed by atoms with Gasteiger partial charge in [-0.15, -0.1) is 0 Å². The SMILES string of the molecule is CC(C1CCN(Cc2ccc(OCC(N)=O)c(Cl)c2)CC1)N(C)C. The number of piperidine rings is 1. The molecule has 2 rings (SSSR count). The van der Waals surface area contributed by atoms with Crippen LogP contribution in [0.5, 0.6) is 5.75 Å². The number of halogens is 1. The number of benzene rings is 1. The molecule has 1 fully saturated rings. The molecule has 1 aromatic carbocycles. The van der Waals surface area contributed by atoms with Crippen LogP contribution in [0.4, 0.5) is 0 Å². The molecule has 6 heteroatoms. The Morgan fingerprint density at radius 1 is 1.42 bits per heavy atom. The van der Waals surface area contributed by atoms with Crippen molar-refractivity contribution in [3.05, 3.63) is 28.8 Å². The fourth-order valence-corrected chi connectivity index (χ4v) is 3.44. The Kier molecular flexibility index (Phi) is 6.90. The number of amides is 1. The van der Waals surface area contributed by atoms with Crippen LogP contribution in [-0.2, 0) is 11.3 Å². The van der Waals surface area contributed by atoms with Gasteiger partial charge in [0.25, 0.3) is 5.91 Å². The second kappa shape index (κ2) is 8.70. The predicted octanol–water partition coefficient (Wildman–Crippen LogP) is 2.37. The summed E-state index contributed by atoms with van der Waals surface area (Å²) in [7, 11) is 4.31. The van der Waals surface area contributed by atoms with Crippen molar-refractivity contribution in [1.82, 2.24) is 9.80 Å². The Bertz CT molecular complexity index is 557. The van der Waals surface area contributed by atoms with E-state index in [-0.39, 0.29) is 6.61 Å². The number of primary amides is 1. The maximum absolute atomic E-state index is 10.8. The minimum absolute atomic E-state index is 0.156. The van der Waals surface area contributed by atoms with Crippen molar-refractivity contribution >= 4 is 17.5 Å². The molecule has 1 amide bonds. The van der Waals surface area contributed by atoms with Gasteiger partial charge in [-0.25, -0.2) is 0 Å². The van der Waals surface area contributed by atoms with E-state index in [0.717, 1.165) is 31.1 Å².